The molecule has 1 aromatic rings. The molecule has 1 atom stereocenters. The number of hydrogen-bond donors (Lipinski definition) is 1. The molecule has 0 aromatic heterocycles. The lowest BCUT2D eigenvalue weighted by atomic mass is 9.92. The van der Waals surface area contributed by atoms with Gasteiger partial charge in [-0.15, -0.1) is 12.4 Å². The molecule has 1 unspecified atom stereocenters. The Bertz CT molecular complexity index is 560. The van der Waals surface area contributed by atoms with E-state index in [0.717, 1.165) is 19.3 Å². The smallest absolute Gasteiger partial charge is 0.243 e. The minimum Gasteiger partial charge on any atom is -0.329 e. The van der Waals surface area contributed by atoms with Gasteiger partial charge in [-0.2, -0.15) is 4.31 Å². The quantitative estimate of drug-likeness (QED) is 0.923. The Labute approximate surface area is 127 Å². The molecule has 114 valence electrons. The van der Waals surface area contributed by atoms with Crippen molar-refractivity contribution in [1.82, 2.24) is 4.31 Å². The molecule has 0 fully saturated rings. The summed E-state index contributed by atoms with van der Waals surface area (Å²) < 4.78 is 26.3. The Balaban J connectivity index is 0.00000200. The molecule has 0 spiro atoms. The summed E-state index contributed by atoms with van der Waals surface area (Å²) in [5, 5.41) is 0. The van der Waals surface area contributed by atoms with Crippen molar-refractivity contribution in [2.75, 3.05) is 13.6 Å². The molecule has 0 heterocycles. The lowest BCUT2D eigenvalue weighted by Gasteiger charge is -2.24. The van der Waals surface area contributed by atoms with E-state index in [9.17, 15) is 8.42 Å². The second-order valence-corrected chi connectivity index (χ2v) is 7.24. The molecular weight excluding hydrogens is 296 g/mol. The predicted octanol–water partition coefficient (Wildman–Crippen LogP) is 1.95. The van der Waals surface area contributed by atoms with Crippen molar-refractivity contribution in [3.8, 4) is 0 Å². The summed E-state index contributed by atoms with van der Waals surface area (Å²) in [6.07, 6.45) is 4.38. The van der Waals surface area contributed by atoms with E-state index in [1.807, 2.05) is 19.1 Å². The number of halogens is 1. The summed E-state index contributed by atoms with van der Waals surface area (Å²) in [7, 11) is -1.84. The SMILES string of the molecule is CC(CN)N(C)S(=O)(=O)c1ccc2c(c1)CCCC2.Cl. The van der Waals surface area contributed by atoms with E-state index in [-0.39, 0.29) is 18.4 Å². The van der Waals surface area contributed by atoms with E-state index < -0.39 is 10.0 Å². The van der Waals surface area contributed by atoms with Crippen molar-refractivity contribution >= 4 is 22.4 Å². The van der Waals surface area contributed by atoms with Crippen LogP contribution in [0.15, 0.2) is 23.1 Å². The molecule has 20 heavy (non-hydrogen) atoms. The summed E-state index contributed by atoms with van der Waals surface area (Å²) in [5.74, 6) is 0. The number of aryl methyl sites for hydroxylation is 2. The molecule has 0 amide bonds. The number of likely N-dealkylation sites (N-methyl/N-ethyl adjacent to an activating group) is 1. The third kappa shape index (κ3) is 3.34. The van der Waals surface area contributed by atoms with Crippen molar-refractivity contribution in [2.45, 2.75) is 43.5 Å². The summed E-state index contributed by atoms with van der Waals surface area (Å²) in [5.41, 5.74) is 8.03. The first-order chi connectivity index (χ1) is 8.96. The molecule has 2 N–H and O–H groups in total. The maximum atomic E-state index is 12.5. The van der Waals surface area contributed by atoms with Crippen molar-refractivity contribution in [3.05, 3.63) is 29.3 Å². The first kappa shape index (κ1) is 17.4. The Morgan fingerprint density at radius 2 is 1.85 bits per heavy atom. The Morgan fingerprint density at radius 3 is 2.45 bits per heavy atom. The van der Waals surface area contributed by atoms with Gasteiger partial charge < -0.3 is 5.73 Å². The van der Waals surface area contributed by atoms with Crippen molar-refractivity contribution in [2.24, 2.45) is 5.73 Å². The topological polar surface area (TPSA) is 63.4 Å². The zero-order chi connectivity index (χ0) is 14.0. The zero-order valence-electron chi connectivity index (χ0n) is 12.0. The fraction of sp³-hybridized carbons (Fsp3) is 0.571. The van der Waals surface area contributed by atoms with Crippen molar-refractivity contribution in [1.29, 1.82) is 0 Å². The van der Waals surface area contributed by atoms with Crippen LogP contribution in [-0.4, -0.2) is 32.4 Å². The van der Waals surface area contributed by atoms with Gasteiger partial charge in [-0.25, -0.2) is 8.42 Å². The molecule has 2 rings (SSSR count). The van der Waals surface area contributed by atoms with E-state index in [1.54, 1.807) is 13.1 Å². The van der Waals surface area contributed by atoms with Crippen LogP contribution in [0.4, 0.5) is 0 Å². The normalized spacial score (nSPS) is 16.4. The molecule has 0 radical (unpaired) electrons. The molecule has 0 aliphatic heterocycles. The molecular formula is C14H23ClN2O2S. The number of sulfonamides is 1. The first-order valence-corrected chi connectivity index (χ1v) is 8.20. The van der Waals surface area contributed by atoms with Gasteiger partial charge in [0.05, 0.1) is 4.90 Å². The van der Waals surface area contributed by atoms with Gasteiger partial charge in [0.2, 0.25) is 10.0 Å². The van der Waals surface area contributed by atoms with Gasteiger partial charge in [-0.1, -0.05) is 6.07 Å². The lowest BCUT2D eigenvalue weighted by Crippen LogP contribution is -2.39. The number of rotatable bonds is 4. The molecule has 1 aliphatic carbocycles. The summed E-state index contributed by atoms with van der Waals surface area (Å²) >= 11 is 0. The lowest BCUT2D eigenvalue weighted by molar-refractivity contribution is 0.394. The number of benzene rings is 1. The van der Waals surface area contributed by atoms with E-state index >= 15 is 0 Å². The van der Waals surface area contributed by atoms with Gasteiger partial charge in [-0.3, -0.25) is 0 Å². The summed E-state index contributed by atoms with van der Waals surface area (Å²) in [6, 6.07) is 5.33. The van der Waals surface area contributed by atoms with E-state index in [2.05, 4.69) is 0 Å². The van der Waals surface area contributed by atoms with Crippen LogP contribution in [0.1, 0.15) is 30.9 Å². The molecule has 0 saturated heterocycles. The Kier molecular flexibility index (Phi) is 6.01. The second kappa shape index (κ2) is 6.89. The average Bonchev–Trinajstić information content (AvgIpc) is 2.45. The van der Waals surface area contributed by atoms with Gasteiger partial charge in [0.15, 0.2) is 0 Å². The summed E-state index contributed by atoms with van der Waals surface area (Å²) in [4.78, 5) is 0.385. The second-order valence-electron chi connectivity index (χ2n) is 5.24. The van der Waals surface area contributed by atoms with Crippen LogP contribution in [0.3, 0.4) is 0 Å². The third-order valence-corrected chi connectivity index (χ3v) is 5.93. The fourth-order valence-corrected chi connectivity index (χ4v) is 3.85. The van der Waals surface area contributed by atoms with Crippen LogP contribution in [0.5, 0.6) is 0 Å². The highest BCUT2D eigenvalue weighted by Crippen LogP contribution is 2.25. The van der Waals surface area contributed by atoms with E-state index in [1.165, 1.54) is 21.9 Å². The van der Waals surface area contributed by atoms with Crippen LogP contribution < -0.4 is 5.73 Å². The standard InChI is InChI=1S/C14H22N2O2S.ClH/c1-11(10-15)16(2)19(17,18)14-8-7-12-5-3-4-6-13(12)9-14;/h7-9,11H,3-6,10,15H2,1-2H3;1H. The van der Waals surface area contributed by atoms with Crippen molar-refractivity contribution in [3.63, 3.8) is 0 Å². The molecule has 6 heteroatoms. The highest BCUT2D eigenvalue weighted by atomic mass is 35.5. The molecule has 1 aromatic carbocycles. The van der Waals surface area contributed by atoms with Crippen LogP contribution in [-0.2, 0) is 22.9 Å². The van der Waals surface area contributed by atoms with Gasteiger partial charge in [0.1, 0.15) is 0 Å². The van der Waals surface area contributed by atoms with Crippen LogP contribution in [0, 0.1) is 0 Å². The first-order valence-electron chi connectivity index (χ1n) is 6.76. The highest BCUT2D eigenvalue weighted by molar-refractivity contribution is 7.89. The van der Waals surface area contributed by atoms with Crippen LogP contribution >= 0.6 is 12.4 Å². The van der Waals surface area contributed by atoms with Gasteiger partial charge in [0.25, 0.3) is 0 Å². The predicted molar refractivity (Wildman–Crippen MR) is 83.8 cm³/mol. The maximum absolute atomic E-state index is 12.5. The Morgan fingerprint density at radius 1 is 1.25 bits per heavy atom. The monoisotopic (exact) mass is 318 g/mol. The number of nitrogens with zero attached hydrogens (tertiary/aromatic N) is 1. The largest absolute Gasteiger partial charge is 0.329 e. The van der Waals surface area contributed by atoms with Gasteiger partial charge in [-0.05, 0) is 55.9 Å². The minimum atomic E-state index is -3.43. The minimum absolute atomic E-state index is 0. The molecule has 0 bridgehead atoms. The number of fused-ring (bicyclic) bond motifs is 1. The van der Waals surface area contributed by atoms with Gasteiger partial charge >= 0.3 is 0 Å². The number of nitrogens with two attached hydrogens (primary N) is 1. The van der Waals surface area contributed by atoms with E-state index in [0.29, 0.717) is 11.4 Å². The molecule has 0 saturated carbocycles. The van der Waals surface area contributed by atoms with Crippen molar-refractivity contribution < 1.29 is 8.42 Å². The van der Waals surface area contributed by atoms with E-state index in [4.69, 9.17) is 5.73 Å². The van der Waals surface area contributed by atoms with Gasteiger partial charge in [0, 0.05) is 19.6 Å². The van der Waals surface area contributed by atoms with Crippen LogP contribution in [0.25, 0.3) is 0 Å². The molecule has 1 aliphatic rings. The Hall–Kier alpha value is -0.620. The maximum Gasteiger partial charge on any atom is 0.243 e. The zero-order valence-corrected chi connectivity index (χ0v) is 13.6. The molecule has 4 nitrogen and oxygen atoms in total. The average molecular weight is 319 g/mol. The summed E-state index contributed by atoms with van der Waals surface area (Å²) in [6.45, 7) is 2.14. The third-order valence-electron chi connectivity index (χ3n) is 3.96. The highest BCUT2D eigenvalue weighted by Gasteiger charge is 2.25. The van der Waals surface area contributed by atoms with Crippen LogP contribution in [0.2, 0.25) is 0 Å². The fourth-order valence-electron chi connectivity index (χ4n) is 2.42. The number of hydrogen-bond acceptors (Lipinski definition) is 3.